The zero-order valence-electron chi connectivity index (χ0n) is 13.0. The number of ether oxygens (including phenoxy) is 1. The van der Waals surface area contributed by atoms with E-state index in [2.05, 4.69) is 23.4 Å². The molecule has 1 atom stereocenters. The lowest BCUT2D eigenvalue weighted by Crippen LogP contribution is -2.24. The minimum absolute atomic E-state index is 0.164. The monoisotopic (exact) mass is 307 g/mol. The van der Waals surface area contributed by atoms with Gasteiger partial charge in [-0.05, 0) is 31.7 Å². The number of nitrogens with zero attached hydrogens (tertiary/aromatic N) is 2. The molecule has 114 valence electrons. The van der Waals surface area contributed by atoms with Gasteiger partial charge in [0.25, 0.3) is 0 Å². The molecule has 0 saturated heterocycles. The number of hydrogen-bond acceptors (Lipinski definition) is 3. The normalized spacial score (nSPS) is 12.4. The molecule has 1 unspecified atom stereocenters. The van der Waals surface area contributed by atoms with Gasteiger partial charge in [-0.2, -0.15) is 5.10 Å². The highest BCUT2D eigenvalue weighted by Gasteiger charge is 2.18. The molecular formula is C16H22ClN3O. The first-order valence-corrected chi connectivity index (χ1v) is 7.49. The molecule has 21 heavy (non-hydrogen) atoms. The van der Waals surface area contributed by atoms with Gasteiger partial charge in [0.05, 0.1) is 12.8 Å². The largest absolute Gasteiger partial charge is 0.496 e. The number of halogens is 1. The van der Waals surface area contributed by atoms with E-state index in [0.29, 0.717) is 5.02 Å². The van der Waals surface area contributed by atoms with E-state index in [1.54, 1.807) is 7.11 Å². The molecule has 1 N–H and O–H groups in total. The maximum atomic E-state index is 6.05. The molecule has 0 spiro atoms. The second kappa shape index (κ2) is 6.96. The second-order valence-corrected chi connectivity index (χ2v) is 5.54. The van der Waals surface area contributed by atoms with Crippen molar-refractivity contribution in [3.8, 4) is 5.75 Å². The van der Waals surface area contributed by atoms with Gasteiger partial charge >= 0.3 is 0 Å². The minimum atomic E-state index is 0.164. The predicted molar refractivity (Wildman–Crippen MR) is 86.1 cm³/mol. The number of nitrogens with one attached hydrogen (secondary N) is 1. The van der Waals surface area contributed by atoms with Crippen LogP contribution in [-0.2, 0) is 13.5 Å². The van der Waals surface area contributed by atoms with Crippen LogP contribution in [0.3, 0.4) is 0 Å². The topological polar surface area (TPSA) is 39.1 Å². The fourth-order valence-electron chi connectivity index (χ4n) is 2.58. The van der Waals surface area contributed by atoms with E-state index in [4.69, 9.17) is 16.3 Å². The van der Waals surface area contributed by atoms with E-state index in [1.807, 2.05) is 36.9 Å². The van der Waals surface area contributed by atoms with E-state index < -0.39 is 0 Å². The van der Waals surface area contributed by atoms with Gasteiger partial charge < -0.3 is 10.1 Å². The third kappa shape index (κ3) is 3.77. The molecule has 0 aliphatic carbocycles. The van der Waals surface area contributed by atoms with Crippen molar-refractivity contribution in [3.63, 3.8) is 0 Å². The maximum absolute atomic E-state index is 6.05. The Kier molecular flexibility index (Phi) is 5.26. The van der Waals surface area contributed by atoms with Gasteiger partial charge in [0.1, 0.15) is 5.75 Å². The molecule has 0 radical (unpaired) electrons. The van der Waals surface area contributed by atoms with Crippen molar-refractivity contribution < 1.29 is 4.74 Å². The number of hydrogen-bond donors (Lipinski definition) is 1. The molecular weight excluding hydrogens is 286 g/mol. The molecule has 0 aliphatic heterocycles. The van der Waals surface area contributed by atoms with E-state index in [1.165, 1.54) is 5.69 Å². The Hall–Kier alpha value is -1.52. The van der Waals surface area contributed by atoms with Gasteiger partial charge in [0.2, 0.25) is 0 Å². The fourth-order valence-corrected chi connectivity index (χ4v) is 2.74. The molecule has 0 bridgehead atoms. The number of likely N-dealkylation sites (N-methyl/N-ethyl adjacent to an activating group) is 1. The first kappa shape index (κ1) is 15.9. The highest BCUT2D eigenvalue weighted by atomic mass is 35.5. The Labute approximate surface area is 131 Å². The minimum Gasteiger partial charge on any atom is -0.496 e. The van der Waals surface area contributed by atoms with Crippen molar-refractivity contribution in [1.29, 1.82) is 0 Å². The van der Waals surface area contributed by atoms with Crippen LogP contribution in [0.5, 0.6) is 5.75 Å². The lowest BCUT2D eigenvalue weighted by Gasteiger charge is -2.21. The van der Waals surface area contributed by atoms with Gasteiger partial charge in [-0.1, -0.05) is 24.6 Å². The average Bonchev–Trinajstić information content (AvgIpc) is 2.76. The Bertz CT molecular complexity index is 610. The van der Waals surface area contributed by atoms with Crippen molar-refractivity contribution in [2.75, 3.05) is 13.7 Å². The zero-order chi connectivity index (χ0) is 15.4. The molecule has 5 heteroatoms. The summed E-state index contributed by atoms with van der Waals surface area (Å²) in [6.45, 7) is 4.99. The Balaban J connectivity index is 2.32. The summed E-state index contributed by atoms with van der Waals surface area (Å²) in [5.41, 5.74) is 3.34. The predicted octanol–water partition coefficient (Wildman–Crippen LogP) is 3.28. The van der Waals surface area contributed by atoms with Crippen molar-refractivity contribution in [1.82, 2.24) is 15.1 Å². The van der Waals surface area contributed by atoms with Crippen molar-refractivity contribution >= 4 is 11.6 Å². The molecule has 2 aromatic rings. The van der Waals surface area contributed by atoms with E-state index >= 15 is 0 Å². The molecule has 2 rings (SSSR count). The Morgan fingerprint density at radius 2 is 2.14 bits per heavy atom. The van der Waals surface area contributed by atoms with Crippen LogP contribution in [0.4, 0.5) is 0 Å². The SMILES string of the molecule is CCNC(Cc1cc(C)nn1C)c1ccc(Cl)cc1OC. The quantitative estimate of drug-likeness (QED) is 0.890. The van der Waals surface area contributed by atoms with Gasteiger partial charge in [-0.25, -0.2) is 0 Å². The number of methoxy groups -OCH3 is 1. The summed E-state index contributed by atoms with van der Waals surface area (Å²) in [5.74, 6) is 0.812. The van der Waals surface area contributed by atoms with Crippen LogP contribution in [0.25, 0.3) is 0 Å². The molecule has 1 heterocycles. The van der Waals surface area contributed by atoms with Gasteiger partial charge in [-0.3, -0.25) is 4.68 Å². The van der Waals surface area contributed by atoms with Crippen LogP contribution in [0.15, 0.2) is 24.3 Å². The Morgan fingerprint density at radius 3 is 2.71 bits per heavy atom. The molecule has 0 aliphatic rings. The lowest BCUT2D eigenvalue weighted by molar-refractivity contribution is 0.398. The third-order valence-electron chi connectivity index (χ3n) is 3.53. The fraction of sp³-hybridized carbons (Fsp3) is 0.438. The molecule has 1 aromatic heterocycles. The van der Waals surface area contributed by atoms with E-state index in [0.717, 1.165) is 30.0 Å². The second-order valence-electron chi connectivity index (χ2n) is 5.10. The van der Waals surface area contributed by atoms with Crippen LogP contribution in [-0.4, -0.2) is 23.4 Å². The van der Waals surface area contributed by atoms with Crippen LogP contribution in [0, 0.1) is 6.92 Å². The zero-order valence-corrected chi connectivity index (χ0v) is 13.7. The summed E-state index contributed by atoms with van der Waals surface area (Å²) in [5, 5.41) is 8.61. The highest BCUT2D eigenvalue weighted by Crippen LogP contribution is 2.30. The van der Waals surface area contributed by atoms with E-state index in [-0.39, 0.29) is 6.04 Å². The van der Waals surface area contributed by atoms with Gasteiger partial charge in [-0.15, -0.1) is 0 Å². The smallest absolute Gasteiger partial charge is 0.125 e. The number of aromatic nitrogens is 2. The summed E-state index contributed by atoms with van der Waals surface area (Å²) in [7, 11) is 3.65. The lowest BCUT2D eigenvalue weighted by atomic mass is 10.0. The van der Waals surface area contributed by atoms with Gasteiger partial charge in [0.15, 0.2) is 0 Å². The van der Waals surface area contributed by atoms with Crippen LogP contribution < -0.4 is 10.1 Å². The molecule has 4 nitrogen and oxygen atoms in total. The van der Waals surface area contributed by atoms with Gasteiger partial charge in [0, 0.05) is 35.8 Å². The molecule has 0 saturated carbocycles. The number of benzene rings is 1. The van der Waals surface area contributed by atoms with Crippen molar-refractivity contribution in [2.45, 2.75) is 26.3 Å². The summed E-state index contributed by atoms with van der Waals surface area (Å²) in [6.07, 6.45) is 0.850. The first-order chi connectivity index (χ1) is 10.0. The average molecular weight is 308 g/mol. The standard InChI is InChI=1S/C16H22ClN3O/c1-5-18-15(10-13-8-11(2)19-20(13)3)14-7-6-12(17)9-16(14)21-4/h6-9,15,18H,5,10H2,1-4H3. The molecule has 0 fully saturated rings. The number of aryl methyl sites for hydroxylation is 2. The van der Waals surface area contributed by atoms with E-state index in [9.17, 15) is 0 Å². The van der Waals surface area contributed by atoms with Crippen LogP contribution in [0.2, 0.25) is 5.02 Å². The van der Waals surface area contributed by atoms with Crippen molar-refractivity contribution in [3.05, 3.63) is 46.2 Å². The molecule has 0 amide bonds. The van der Waals surface area contributed by atoms with Crippen molar-refractivity contribution in [2.24, 2.45) is 7.05 Å². The summed E-state index contributed by atoms with van der Waals surface area (Å²) >= 11 is 6.05. The van der Waals surface area contributed by atoms with Crippen LogP contribution in [0.1, 0.15) is 29.9 Å². The van der Waals surface area contributed by atoms with Crippen LogP contribution >= 0.6 is 11.6 Å². The number of rotatable bonds is 6. The highest BCUT2D eigenvalue weighted by molar-refractivity contribution is 6.30. The Morgan fingerprint density at radius 1 is 1.38 bits per heavy atom. The summed E-state index contributed by atoms with van der Waals surface area (Å²) < 4.78 is 7.41. The summed E-state index contributed by atoms with van der Waals surface area (Å²) in [6, 6.07) is 8.07. The third-order valence-corrected chi connectivity index (χ3v) is 3.77. The molecule has 1 aromatic carbocycles. The first-order valence-electron chi connectivity index (χ1n) is 7.11. The maximum Gasteiger partial charge on any atom is 0.125 e. The summed E-state index contributed by atoms with van der Waals surface area (Å²) in [4.78, 5) is 0.